The number of nitrogens with zero attached hydrogens (tertiary/aromatic N) is 1. The van der Waals surface area contributed by atoms with Crippen molar-refractivity contribution in [3.05, 3.63) is 77.1 Å². The van der Waals surface area contributed by atoms with Gasteiger partial charge in [0.15, 0.2) is 0 Å². The van der Waals surface area contributed by atoms with Gasteiger partial charge in [0.1, 0.15) is 0 Å². The van der Waals surface area contributed by atoms with Crippen molar-refractivity contribution in [1.82, 2.24) is 5.32 Å². The van der Waals surface area contributed by atoms with Gasteiger partial charge in [-0.2, -0.15) is 0 Å². The number of rotatable bonds is 12. The average molecular weight is 693 g/mol. The van der Waals surface area contributed by atoms with E-state index in [1.165, 1.54) is 67.2 Å². The lowest BCUT2D eigenvalue weighted by Gasteiger charge is -2.32. The molecule has 282 valence electrons. The van der Waals surface area contributed by atoms with Crippen LogP contribution < -0.4 is 10.2 Å². The summed E-state index contributed by atoms with van der Waals surface area (Å²) in [5, 5.41) is 3.34. The van der Waals surface area contributed by atoms with Crippen LogP contribution in [0.15, 0.2) is 60.4 Å². The van der Waals surface area contributed by atoms with Crippen LogP contribution in [0.25, 0.3) is 0 Å². The molecule has 5 rings (SSSR count). The number of nitrogens with one attached hydrogen (secondary N) is 1. The first-order valence-corrected chi connectivity index (χ1v) is 19.7. The number of ether oxygens (including phenoxy) is 3. The smallest absolute Gasteiger partial charge is 0.237 e. The van der Waals surface area contributed by atoms with E-state index in [-0.39, 0.29) is 5.91 Å². The number of methoxy groups -OCH3 is 1. The Balaban J connectivity index is 0.000000316. The van der Waals surface area contributed by atoms with Crippen molar-refractivity contribution in [2.24, 2.45) is 5.41 Å². The summed E-state index contributed by atoms with van der Waals surface area (Å²) in [5.74, 6) is 0.213. The van der Waals surface area contributed by atoms with Crippen molar-refractivity contribution in [3.8, 4) is 0 Å². The van der Waals surface area contributed by atoms with Gasteiger partial charge in [0.2, 0.25) is 5.91 Å². The first-order valence-electron chi connectivity index (χ1n) is 19.7. The lowest BCUT2D eigenvalue weighted by atomic mass is 9.74. The van der Waals surface area contributed by atoms with E-state index >= 15 is 0 Å². The summed E-state index contributed by atoms with van der Waals surface area (Å²) in [6.07, 6.45) is 20.1. The first kappa shape index (κ1) is 43.5. The maximum atomic E-state index is 13.1. The second kappa shape index (κ2) is 22.3. The van der Waals surface area contributed by atoms with Crippen molar-refractivity contribution in [2.45, 2.75) is 144 Å². The van der Waals surface area contributed by atoms with Crippen LogP contribution in [0.2, 0.25) is 0 Å². The van der Waals surface area contributed by atoms with E-state index in [1.807, 2.05) is 45.7 Å². The lowest BCUT2D eigenvalue weighted by molar-refractivity contribution is -0.126. The summed E-state index contributed by atoms with van der Waals surface area (Å²) in [4.78, 5) is 14.9. The molecule has 1 aromatic rings. The van der Waals surface area contributed by atoms with Crippen molar-refractivity contribution < 1.29 is 19.0 Å². The van der Waals surface area contributed by atoms with Crippen LogP contribution in [-0.2, 0) is 37.4 Å². The largest absolute Gasteiger partial charge is 0.385 e. The summed E-state index contributed by atoms with van der Waals surface area (Å²) in [7, 11) is 3.61. The predicted octanol–water partition coefficient (Wildman–Crippen LogP) is 10.6. The Bertz CT molecular complexity index is 1270. The summed E-state index contributed by atoms with van der Waals surface area (Å²) in [5.41, 5.74) is 8.52. The summed E-state index contributed by atoms with van der Waals surface area (Å²) >= 11 is 0. The fraction of sp³-hybridized carbons (Fsp3) is 0.659. The SMILES string of the molecule is C=C1NCCC/C1=C/C=C(\C)CCCCOC1CCCC1(C)C.C=CCCc1cc(COC)cc2c1N(C)C(=O)C21CCOCC1.CC.CC. The van der Waals surface area contributed by atoms with Gasteiger partial charge >= 0.3 is 0 Å². The second-order valence-electron chi connectivity index (χ2n) is 14.4. The Kier molecular flexibility index (Phi) is 19.4. The quantitative estimate of drug-likeness (QED) is 0.175. The minimum Gasteiger partial charge on any atom is -0.385 e. The first-order chi connectivity index (χ1) is 24.1. The Hall–Kier alpha value is -2.67. The highest BCUT2D eigenvalue weighted by atomic mass is 16.5. The number of hydrogen-bond donors (Lipinski definition) is 1. The zero-order valence-corrected chi connectivity index (χ0v) is 33.5. The molecular formula is C44H72N2O4. The topological polar surface area (TPSA) is 60.0 Å². The Morgan fingerprint density at radius 3 is 2.44 bits per heavy atom. The fourth-order valence-corrected chi connectivity index (χ4v) is 7.59. The van der Waals surface area contributed by atoms with E-state index in [0.29, 0.717) is 31.3 Å². The summed E-state index contributed by atoms with van der Waals surface area (Å²) in [6.45, 7) is 26.7. The number of amides is 1. The van der Waals surface area contributed by atoms with Crippen LogP contribution in [0.5, 0.6) is 0 Å². The van der Waals surface area contributed by atoms with Gasteiger partial charge in [-0.05, 0) is 105 Å². The number of likely N-dealkylation sites (N-methyl/N-ethyl adjacent to an activating group) is 1. The molecular weight excluding hydrogens is 620 g/mol. The van der Waals surface area contributed by atoms with E-state index in [2.05, 4.69) is 63.5 Å². The Morgan fingerprint density at radius 1 is 1.10 bits per heavy atom. The van der Waals surface area contributed by atoms with Gasteiger partial charge in [-0.3, -0.25) is 4.79 Å². The monoisotopic (exact) mass is 693 g/mol. The van der Waals surface area contributed by atoms with Crippen LogP contribution in [0, 0.1) is 5.41 Å². The molecule has 6 nitrogen and oxygen atoms in total. The molecule has 0 aromatic heterocycles. The van der Waals surface area contributed by atoms with Crippen LogP contribution in [-0.4, -0.2) is 52.5 Å². The predicted molar refractivity (Wildman–Crippen MR) is 213 cm³/mol. The lowest BCUT2D eigenvalue weighted by Crippen LogP contribution is -2.42. The number of benzene rings is 1. The zero-order chi connectivity index (χ0) is 37.2. The Labute approximate surface area is 306 Å². The van der Waals surface area contributed by atoms with Gasteiger partial charge in [-0.1, -0.05) is 90.5 Å². The highest BCUT2D eigenvalue weighted by Gasteiger charge is 2.51. The number of aryl methyl sites for hydroxylation is 1. The minimum atomic E-state index is -0.408. The highest BCUT2D eigenvalue weighted by Crippen LogP contribution is 2.49. The van der Waals surface area contributed by atoms with Crippen LogP contribution in [0.4, 0.5) is 5.69 Å². The number of hydrogen-bond acceptors (Lipinski definition) is 5. The average Bonchev–Trinajstić information content (AvgIpc) is 3.57. The Morgan fingerprint density at radius 2 is 1.82 bits per heavy atom. The van der Waals surface area contributed by atoms with E-state index in [9.17, 15) is 4.79 Å². The van der Waals surface area contributed by atoms with Gasteiger partial charge in [0.25, 0.3) is 0 Å². The number of anilines is 1. The number of carbonyl (C=O) groups excluding carboxylic acids is 1. The molecule has 3 heterocycles. The minimum absolute atomic E-state index is 0.213. The summed E-state index contributed by atoms with van der Waals surface area (Å²) < 4.78 is 17.0. The van der Waals surface area contributed by atoms with E-state index < -0.39 is 5.41 Å². The molecule has 6 heteroatoms. The third kappa shape index (κ3) is 11.7. The molecule has 1 unspecified atom stereocenters. The molecule has 1 saturated carbocycles. The molecule has 3 fully saturated rings. The molecule has 1 aromatic carbocycles. The highest BCUT2D eigenvalue weighted by molar-refractivity contribution is 6.08. The van der Waals surface area contributed by atoms with Crippen LogP contribution in [0.3, 0.4) is 0 Å². The van der Waals surface area contributed by atoms with Gasteiger partial charge < -0.3 is 24.4 Å². The normalized spacial score (nSPS) is 21.3. The van der Waals surface area contributed by atoms with Crippen LogP contribution in [0.1, 0.15) is 136 Å². The van der Waals surface area contributed by atoms with Crippen molar-refractivity contribution in [3.63, 3.8) is 0 Å². The second-order valence-corrected chi connectivity index (χ2v) is 14.4. The van der Waals surface area contributed by atoms with E-state index in [0.717, 1.165) is 62.2 Å². The molecule has 1 N–H and O–H groups in total. The van der Waals surface area contributed by atoms with Gasteiger partial charge in [0.05, 0.1) is 23.8 Å². The third-order valence-corrected chi connectivity index (χ3v) is 10.5. The fourth-order valence-electron chi connectivity index (χ4n) is 7.59. The van der Waals surface area contributed by atoms with Crippen molar-refractivity contribution >= 4 is 11.6 Å². The molecule has 1 atom stereocenters. The molecule has 1 amide bonds. The third-order valence-electron chi connectivity index (χ3n) is 10.5. The standard InChI is InChI=1S/C21H35NO.C19H25NO3.2C2H6/c1-17(12-13-19-10-8-15-22-18(19)2)9-5-6-16-23-20-11-7-14-21(20,3)4;1-4-5-6-15-11-14(13-22-3)12-16-17(15)20(2)18(21)19(16)7-9-23-10-8-19;2*1-2/h12-13,20,22H,2,5-11,14-16H2,1,3-4H3;4,11-12H,1,5-10,13H2,2-3H3;2*1-2H3/b17-12+,19-13-;;;. The maximum absolute atomic E-state index is 13.1. The molecule has 0 radical (unpaired) electrons. The van der Waals surface area contributed by atoms with Crippen molar-refractivity contribution in [1.29, 1.82) is 0 Å². The molecule has 0 bridgehead atoms. The summed E-state index contributed by atoms with van der Waals surface area (Å²) in [6, 6.07) is 4.34. The van der Waals surface area contributed by atoms with Gasteiger partial charge in [0, 0.05) is 46.2 Å². The van der Waals surface area contributed by atoms with Crippen molar-refractivity contribution in [2.75, 3.05) is 45.4 Å². The van der Waals surface area contributed by atoms with Gasteiger partial charge in [-0.15, -0.1) is 6.58 Å². The molecule has 1 aliphatic carbocycles. The zero-order valence-electron chi connectivity index (χ0n) is 33.5. The van der Waals surface area contributed by atoms with Gasteiger partial charge in [-0.25, -0.2) is 0 Å². The number of allylic oxidation sites excluding steroid dienone is 5. The number of unbranched alkanes of at least 4 members (excludes halogenated alkanes) is 1. The molecule has 50 heavy (non-hydrogen) atoms. The van der Waals surface area contributed by atoms with Crippen LogP contribution >= 0.6 is 0 Å². The molecule has 2 saturated heterocycles. The molecule has 4 aliphatic rings. The van der Waals surface area contributed by atoms with E-state index in [1.54, 1.807) is 7.11 Å². The number of fused-ring (bicyclic) bond motifs is 2. The maximum Gasteiger partial charge on any atom is 0.237 e. The van der Waals surface area contributed by atoms with E-state index in [4.69, 9.17) is 14.2 Å². The number of carbonyl (C=O) groups is 1. The number of piperidine rings is 1. The molecule has 3 aliphatic heterocycles. The molecule has 1 spiro atoms.